The normalized spacial score (nSPS) is 11.1. The summed E-state index contributed by atoms with van der Waals surface area (Å²) in [6.45, 7) is 0. The number of fused-ring (bicyclic) bond motifs is 1. The minimum atomic E-state index is -0.449. The van der Waals surface area contributed by atoms with Gasteiger partial charge in [-0.3, -0.25) is 4.68 Å². The molecule has 0 spiro atoms. The minimum Gasteiger partial charge on any atom is -0.268 e. The van der Waals surface area contributed by atoms with Gasteiger partial charge in [-0.2, -0.15) is 5.10 Å². The zero-order valence-corrected chi connectivity index (χ0v) is 8.38. The SMILES string of the molecule is Cn1nccc1-c1cc(F)c2nonc2c1. The Hall–Kier alpha value is -2.24. The fourth-order valence-electron chi connectivity index (χ4n) is 1.65. The smallest absolute Gasteiger partial charge is 0.170 e. The van der Waals surface area contributed by atoms with Crippen LogP contribution in [0.3, 0.4) is 0 Å². The first-order valence-electron chi connectivity index (χ1n) is 4.66. The Morgan fingerprint density at radius 3 is 2.94 bits per heavy atom. The Morgan fingerprint density at radius 2 is 2.19 bits per heavy atom. The molecule has 0 aliphatic rings. The molecule has 5 nitrogen and oxygen atoms in total. The number of benzene rings is 1. The number of nitrogens with zero attached hydrogens (tertiary/aromatic N) is 4. The molecular formula is C10H7FN4O. The molecule has 0 fully saturated rings. The first kappa shape index (κ1) is 9.02. The van der Waals surface area contributed by atoms with Crippen LogP contribution in [0, 0.1) is 5.82 Å². The molecule has 0 radical (unpaired) electrons. The maximum absolute atomic E-state index is 13.6. The van der Waals surface area contributed by atoms with Gasteiger partial charge in [0.05, 0.1) is 5.69 Å². The van der Waals surface area contributed by atoms with Gasteiger partial charge in [0.1, 0.15) is 5.52 Å². The number of rotatable bonds is 1. The number of hydrogen-bond donors (Lipinski definition) is 0. The van der Waals surface area contributed by atoms with Crippen LogP contribution in [-0.4, -0.2) is 20.1 Å². The van der Waals surface area contributed by atoms with Crippen LogP contribution in [-0.2, 0) is 7.05 Å². The number of halogens is 1. The van der Waals surface area contributed by atoms with Crippen LogP contribution in [0.25, 0.3) is 22.3 Å². The third kappa shape index (κ3) is 1.19. The van der Waals surface area contributed by atoms with Crippen molar-refractivity contribution in [2.75, 3.05) is 0 Å². The predicted octanol–water partition coefficient (Wildman–Crippen LogP) is 1.76. The summed E-state index contributed by atoms with van der Waals surface area (Å²) in [5.74, 6) is -0.449. The molecule has 0 unspecified atom stereocenters. The summed E-state index contributed by atoms with van der Waals surface area (Å²) in [5, 5.41) is 11.1. The van der Waals surface area contributed by atoms with Crippen molar-refractivity contribution < 1.29 is 9.02 Å². The zero-order valence-electron chi connectivity index (χ0n) is 8.38. The van der Waals surface area contributed by atoms with Crippen molar-refractivity contribution in [3.63, 3.8) is 0 Å². The van der Waals surface area contributed by atoms with Crippen molar-refractivity contribution >= 4 is 11.0 Å². The lowest BCUT2D eigenvalue weighted by molar-refractivity contribution is 0.314. The molecule has 0 bridgehead atoms. The van der Waals surface area contributed by atoms with E-state index in [0.29, 0.717) is 11.1 Å². The molecule has 0 saturated heterocycles. The summed E-state index contributed by atoms with van der Waals surface area (Å²) in [7, 11) is 1.79. The number of aromatic nitrogens is 4. The molecule has 3 aromatic rings. The van der Waals surface area contributed by atoms with Gasteiger partial charge in [-0.15, -0.1) is 0 Å². The van der Waals surface area contributed by atoms with Crippen LogP contribution < -0.4 is 0 Å². The van der Waals surface area contributed by atoms with Crippen LogP contribution in [0.5, 0.6) is 0 Å². The topological polar surface area (TPSA) is 56.7 Å². The largest absolute Gasteiger partial charge is 0.268 e. The Bertz CT molecular complexity index is 658. The second-order valence-electron chi connectivity index (χ2n) is 3.43. The molecule has 2 heterocycles. The summed E-state index contributed by atoms with van der Waals surface area (Å²) in [6, 6.07) is 4.91. The lowest BCUT2D eigenvalue weighted by Crippen LogP contribution is -1.94. The van der Waals surface area contributed by atoms with E-state index in [2.05, 4.69) is 20.0 Å². The van der Waals surface area contributed by atoms with Gasteiger partial charge in [0.2, 0.25) is 0 Å². The Labute approximate surface area is 89.4 Å². The van der Waals surface area contributed by atoms with Crippen molar-refractivity contribution in [2.45, 2.75) is 0 Å². The lowest BCUT2D eigenvalue weighted by Gasteiger charge is -2.01. The van der Waals surface area contributed by atoms with Gasteiger partial charge in [0.15, 0.2) is 11.3 Å². The Morgan fingerprint density at radius 1 is 1.31 bits per heavy atom. The first-order valence-corrected chi connectivity index (χ1v) is 4.66. The van der Waals surface area contributed by atoms with Gasteiger partial charge in [0, 0.05) is 18.8 Å². The highest BCUT2D eigenvalue weighted by molar-refractivity contribution is 5.80. The van der Waals surface area contributed by atoms with E-state index < -0.39 is 5.82 Å². The standard InChI is InChI=1S/C10H7FN4O/c1-15-9(2-3-12-15)6-4-7(11)10-8(5-6)13-16-14-10/h2-5H,1H3. The molecular weight excluding hydrogens is 211 g/mol. The third-order valence-corrected chi connectivity index (χ3v) is 2.43. The highest BCUT2D eigenvalue weighted by Crippen LogP contribution is 2.24. The van der Waals surface area contributed by atoms with E-state index >= 15 is 0 Å². The zero-order chi connectivity index (χ0) is 11.1. The fraction of sp³-hybridized carbons (Fsp3) is 0.100. The van der Waals surface area contributed by atoms with Gasteiger partial charge in [0.25, 0.3) is 0 Å². The minimum absolute atomic E-state index is 0.144. The highest BCUT2D eigenvalue weighted by Gasteiger charge is 2.11. The van der Waals surface area contributed by atoms with Crippen molar-refractivity contribution in [2.24, 2.45) is 7.05 Å². The van der Waals surface area contributed by atoms with E-state index in [-0.39, 0.29) is 5.52 Å². The highest BCUT2D eigenvalue weighted by atomic mass is 19.1. The second kappa shape index (κ2) is 3.13. The Kier molecular flexibility index (Phi) is 1.76. The summed E-state index contributed by atoms with van der Waals surface area (Å²) in [4.78, 5) is 0. The van der Waals surface area contributed by atoms with Gasteiger partial charge < -0.3 is 0 Å². The molecule has 3 rings (SSSR count). The molecule has 80 valence electrons. The molecule has 0 saturated carbocycles. The van der Waals surface area contributed by atoms with Crippen LogP contribution >= 0.6 is 0 Å². The van der Waals surface area contributed by atoms with Crippen molar-refractivity contribution in [1.29, 1.82) is 0 Å². The third-order valence-electron chi connectivity index (χ3n) is 2.43. The second-order valence-corrected chi connectivity index (χ2v) is 3.43. The van der Waals surface area contributed by atoms with E-state index in [1.807, 2.05) is 0 Å². The molecule has 2 aromatic heterocycles. The molecule has 16 heavy (non-hydrogen) atoms. The summed E-state index contributed by atoms with van der Waals surface area (Å²) in [6.07, 6.45) is 1.65. The van der Waals surface area contributed by atoms with Crippen LogP contribution in [0.2, 0.25) is 0 Å². The fourth-order valence-corrected chi connectivity index (χ4v) is 1.65. The number of hydrogen-bond acceptors (Lipinski definition) is 4. The van der Waals surface area contributed by atoms with Gasteiger partial charge in [-0.1, -0.05) is 0 Å². The maximum Gasteiger partial charge on any atom is 0.170 e. The molecule has 0 aliphatic carbocycles. The molecule has 0 amide bonds. The predicted molar refractivity (Wildman–Crippen MR) is 54.0 cm³/mol. The lowest BCUT2D eigenvalue weighted by atomic mass is 10.1. The quantitative estimate of drug-likeness (QED) is 0.624. The monoisotopic (exact) mass is 218 g/mol. The maximum atomic E-state index is 13.6. The van der Waals surface area contributed by atoms with E-state index in [1.54, 1.807) is 30.1 Å². The molecule has 0 N–H and O–H groups in total. The van der Waals surface area contributed by atoms with Gasteiger partial charge in [-0.25, -0.2) is 9.02 Å². The summed E-state index contributed by atoms with van der Waals surface area (Å²) >= 11 is 0. The van der Waals surface area contributed by atoms with E-state index in [9.17, 15) is 4.39 Å². The average molecular weight is 218 g/mol. The van der Waals surface area contributed by atoms with E-state index in [0.717, 1.165) is 5.69 Å². The van der Waals surface area contributed by atoms with Crippen LogP contribution in [0.15, 0.2) is 29.0 Å². The van der Waals surface area contributed by atoms with Crippen LogP contribution in [0.4, 0.5) is 4.39 Å². The molecule has 1 aromatic carbocycles. The van der Waals surface area contributed by atoms with Gasteiger partial charge in [-0.05, 0) is 28.5 Å². The summed E-state index contributed by atoms with van der Waals surface area (Å²) in [5.41, 5.74) is 2.05. The van der Waals surface area contributed by atoms with Crippen molar-refractivity contribution in [3.8, 4) is 11.3 Å². The average Bonchev–Trinajstić information content (AvgIpc) is 2.85. The van der Waals surface area contributed by atoms with Crippen molar-refractivity contribution in [3.05, 3.63) is 30.2 Å². The van der Waals surface area contributed by atoms with Crippen LogP contribution in [0.1, 0.15) is 0 Å². The molecule has 0 atom stereocenters. The van der Waals surface area contributed by atoms with Gasteiger partial charge >= 0.3 is 0 Å². The Balaban J connectivity index is 2.29. The molecule has 0 aliphatic heterocycles. The summed E-state index contributed by atoms with van der Waals surface area (Å²) < 4.78 is 19.8. The number of aryl methyl sites for hydroxylation is 1. The van der Waals surface area contributed by atoms with Crippen molar-refractivity contribution in [1.82, 2.24) is 20.1 Å². The van der Waals surface area contributed by atoms with E-state index in [4.69, 9.17) is 0 Å². The first-order chi connectivity index (χ1) is 7.75. The van der Waals surface area contributed by atoms with E-state index in [1.165, 1.54) is 6.07 Å². The molecule has 6 heteroatoms.